The summed E-state index contributed by atoms with van der Waals surface area (Å²) in [7, 11) is 0. The summed E-state index contributed by atoms with van der Waals surface area (Å²) < 4.78 is 0. The Kier molecular flexibility index (Phi) is 6.20. The highest BCUT2D eigenvalue weighted by Crippen LogP contribution is 2.05. The number of hydrogen-bond acceptors (Lipinski definition) is 4. The van der Waals surface area contributed by atoms with Gasteiger partial charge in [-0.2, -0.15) is 0 Å². The lowest BCUT2D eigenvalue weighted by Crippen LogP contribution is -2.44. The van der Waals surface area contributed by atoms with Gasteiger partial charge in [-0.15, -0.1) is 0 Å². The molecule has 6 heteroatoms. The predicted octanol–water partition coefficient (Wildman–Crippen LogP) is -0.320. The molecule has 20 heavy (non-hydrogen) atoms. The fourth-order valence-electron chi connectivity index (χ4n) is 1.49. The molecule has 3 N–H and O–H groups in total. The summed E-state index contributed by atoms with van der Waals surface area (Å²) in [5.74, 6) is 4.45. The number of nitrogens with one attached hydrogen (secondary N) is 2. The number of rotatable bonds is 4. The molecule has 0 saturated heterocycles. The van der Waals surface area contributed by atoms with Crippen molar-refractivity contribution < 1.29 is 14.7 Å². The minimum absolute atomic E-state index is 0.252. The number of amides is 2. The molecule has 0 aliphatic rings. The van der Waals surface area contributed by atoms with Crippen LogP contribution in [0.1, 0.15) is 29.8 Å². The third kappa shape index (κ3) is 4.37. The van der Waals surface area contributed by atoms with Crippen molar-refractivity contribution in [1.29, 1.82) is 0 Å². The van der Waals surface area contributed by atoms with Gasteiger partial charge in [-0.25, -0.2) is 0 Å². The van der Waals surface area contributed by atoms with Crippen LogP contribution in [0.2, 0.25) is 0 Å². The summed E-state index contributed by atoms with van der Waals surface area (Å²) in [5, 5.41) is 13.9. The van der Waals surface area contributed by atoms with Gasteiger partial charge in [-0.05, 0) is 19.9 Å². The summed E-state index contributed by atoms with van der Waals surface area (Å²) in [6.07, 6.45) is 2.91. The van der Waals surface area contributed by atoms with Gasteiger partial charge < -0.3 is 15.7 Å². The lowest BCUT2D eigenvalue weighted by atomic mass is 10.1. The molecule has 0 aliphatic carbocycles. The molecule has 2 amide bonds. The van der Waals surface area contributed by atoms with E-state index in [0.717, 1.165) is 0 Å². The number of pyridine rings is 1. The maximum Gasteiger partial charge on any atom is 0.253 e. The van der Waals surface area contributed by atoms with Crippen molar-refractivity contribution in [3.05, 3.63) is 29.6 Å². The van der Waals surface area contributed by atoms with Gasteiger partial charge in [0, 0.05) is 18.9 Å². The zero-order valence-corrected chi connectivity index (χ0v) is 11.4. The van der Waals surface area contributed by atoms with Gasteiger partial charge >= 0.3 is 0 Å². The van der Waals surface area contributed by atoms with E-state index in [-0.39, 0.29) is 12.5 Å². The first-order chi connectivity index (χ1) is 9.60. The second kappa shape index (κ2) is 7.92. The molecular weight excluding hydrogens is 258 g/mol. The fraction of sp³-hybridized carbons (Fsp3) is 0.357. The number of aromatic nitrogens is 1. The van der Waals surface area contributed by atoms with Crippen molar-refractivity contribution in [3.8, 4) is 11.8 Å². The van der Waals surface area contributed by atoms with Crippen LogP contribution in [0.25, 0.3) is 0 Å². The van der Waals surface area contributed by atoms with Crippen molar-refractivity contribution in [2.45, 2.75) is 19.9 Å². The highest BCUT2D eigenvalue weighted by Gasteiger charge is 2.17. The number of hydrogen-bond donors (Lipinski definition) is 3. The number of carbonyl (C=O) groups is 2. The van der Waals surface area contributed by atoms with E-state index >= 15 is 0 Å². The summed E-state index contributed by atoms with van der Waals surface area (Å²) in [6.45, 7) is 3.60. The Labute approximate surface area is 117 Å². The molecule has 0 bridgehead atoms. The largest absolute Gasteiger partial charge is 0.384 e. The van der Waals surface area contributed by atoms with E-state index in [9.17, 15) is 9.59 Å². The molecule has 1 heterocycles. The van der Waals surface area contributed by atoms with Crippen molar-refractivity contribution in [1.82, 2.24) is 15.6 Å². The molecule has 0 radical (unpaired) electrons. The topological polar surface area (TPSA) is 91.3 Å². The maximum absolute atomic E-state index is 12.1. The first kappa shape index (κ1) is 15.7. The maximum atomic E-state index is 12.1. The van der Waals surface area contributed by atoms with Crippen molar-refractivity contribution in [3.63, 3.8) is 0 Å². The second-order valence-electron chi connectivity index (χ2n) is 3.97. The van der Waals surface area contributed by atoms with E-state index in [1.807, 2.05) is 0 Å². The molecule has 0 spiro atoms. The van der Waals surface area contributed by atoms with Crippen molar-refractivity contribution >= 4 is 11.8 Å². The number of aliphatic hydroxyl groups excluding tert-OH is 1. The van der Waals surface area contributed by atoms with Gasteiger partial charge in [0.05, 0.1) is 11.1 Å². The van der Waals surface area contributed by atoms with Crippen molar-refractivity contribution in [2.75, 3.05) is 13.2 Å². The Morgan fingerprint density at radius 1 is 1.50 bits per heavy atom. The quantitative estimate of drug-likeness (QED) is 0.657. The minimum Gasteiger partial charge on any atom is -0.384 e. The first-order valence-corrected chi connectivity index (χ1v) is 6.22. The molecule has 1 rings (SSSR count). The van der Waals surface area contributed by atoms with Gasteiger partial charge in [-0.3, -0.25) is 14.6 Å². The minimum atomic E-state index is -0.644. The first-order valence-electron chi connectivity index (χ1n) is 6.22. The van der Waals surface area contributed by atoms with E-state index in [0.29, 0.717) is 17.7 Å². The third-order valence-electron chi connectivity index (χ3n) is 2.46. The molecule has 1 aromatic rings. The lowest BCUT2D eigenvalue weighted by molar-refractivity contribution is -0.122. The Bertz CT molecular complexity index is 546. The summed E-state index contributed by atoms with van der Waals surface area (Å²) in [6, 6.07) is 0.871. The average Bonchev–Trinajstić information content (AvgIpc) is 2.45. The van der Waals surface area contributed by atoms with E-state index in [1.165, 1.54) is 18.5 Å². The summed E-state index contributed by atoms with van der Waals surface area (Å²) in [5.41, 5.74) is 0.722. The fourth-order valence-corrected chi connectivity index (χ4v) is 1.49. The van der Waals surface area contributed by atoms with Gasteiger partial charge in [0.15, 0.2) is 0 Å². The monoisotopic (exact) mass is 275 g/mol. The van der Waals surface area contributed by atoms with Crippen LogP contribution in [0, 0.1) is 11.8 Å². The van der Waals surface area contributed by atoms with Crippen LogP contribution in [-0.2, 0) is 4.79 Å². The molecule has 0 aliphatic heterocycles. The summed E-state index contributed by atoms with van der Waals surface area (Å²) in [4.78, 5) is 27.5. The van der Waals surface area contributed by atoms with Gasteiger partial charge in [-0.1, -0.05) is 11.8 Å². The molecule has 1 aromatic heterocycles. The second-order valence-corrected chi connectivity index (χ2v) is 3.97. The molecule has 1 unspecified atom stereocenters. The Balaban J connectivity index is 2.85. The van der Waals surface area contributed by atoms with E-state index in [4.69, 9.17) is 5.11 Å². The van der Waals surface area contributed by atoms with Crippen LogP contribution in [0.5, 0.6) is 0 Å². The van der Waals surface area contributed by atoms with Gasteiger partial charge in [0.25, 0.3) is 5.91 Å². The molecule has 0 fully saturated rings. The van der Waals surface area contributed by atoms with Crippen LogP contribution in [0.15, 0.2) is 18.5 Å². The van der Waals surface area contributed by atoms with Crippen LogP contribution in [0.4, 0.5) is 0 Å². The SMILES string of the molecule is CCNC(=O)C(C)NC(=O)c1ccncc1C#CCO. The number of aliphatic hydroxyl groups is 1. The molecule has 0 saturated carbocycles. The van der Waals surface area contributed by atoms with Crippen LogP contribution in [-0.4, -0.2) is 41.1 Å². The van der Waals surface area contributed by atoms with Gasteiger partial charge in [0.2, 0.25) is 5.91 Å². The van der Waals surface area contributed by atoms with Crippen molar-refractivity contribution in [2.24, 2.45) is 0 Å². The average molecular weight is 275 g/mol. The van der Waals surface area contributed by atoms with Crippen LogP contribution >= 0.6 is 0 Å². The van der Waals surface area contributed by atoms with E-state index in [1.54, 1.807) is 13.8 Å². The van der Waals surface area contributed by atoms with Gasteiger partial charge in [0.1, 0.15) is 12.6 Å². The van der Waals surface area contributed by atoms with E-state index in [2.05, 4.69) is 27.5 Å². The summed E-state index contributed by atoms with van der Waals surface area (Å²) >= 11 is 0. The van der Waals surface area contributed by atoms with Crippen LogP contribution < -0.4 is 10.6 Å². The molecular formula is C14H17N3O3. The Morgan fingerprint density at radius 2 is 2.25 bits per heavy atom. The lowest BCUT2D eigenvalue weighted by Gasteiger charge is -2.13. The Hall–Kier alpha value is -2.39. The third-order valence-corrected chi connectivity index (χ3v) is 2.46. The number of nitrogens with zero attached hydrogens (tertiary/aromatic N) is 1. The molecule has 6 nitrogen and oxygen atoms in total. The number of likely N-dealkylation sites (N-methyl/N-ethyl adjacent to an activating group) is 1. The normalized spacial score (nSPS) is 10.9. The van der Waals surface area contributed by atoms with Crippen LogP contribution in [0.3, 0.4) is 0 Å². The molecule has 1 atom stereocenters. The highest BCUT2D eigenvalue weighted by atomic mass is 16.2. The smallest absolute Gasteiger partial charge is 0.253 e. The molecule has 0 aromatic carbocycles. The Morgan fingerprint density at radius 3 is 2.90 bits per heavy atom. The molecule has 106 valence electrons. The van der Waals surface area contributed by atoms with E-state index < -0.39 is 11.9 Å². The highest BCUT2D eigenvalue weighted by molar-refractivity contribution is 5.99. The zero-order chi connectivity index (χ0) is 15.0. The zero-order valence-electron chi connectivity index (χ0n) is 11.4. The number of carbonyl (C=O) groups excluding carboxylic acids is 2. The predicted molar refractivity (Wildman–Crippen MR) is 73.8 cm³/mol. The standard InChI is InChI=1S/C14H17N3O3/c1-3-16-13(19)10(2)17-14(20)12-6-7-15-9-11(12)5-4-8-18/h6-7,9-10,18H,3,8H2,1-2H3,(H,16,19)(H,17,20).